The van der Waals surface area contributed by atoms with Crippen molar-refractivity contribution in [2.24, 2.45) is 16.8 Å². The summed E-state index contributed by atoms with van der Waals surface area (Å²) in [5, 5.41) is 0. The average molecular weight is 240 g/mol. The van der Waals surface area contributed by atoms with Crippen molar-refractivity contribution in [2.45, 2.75) is 46.6 Å². The van der Waals surface area contributed by atoms with Crippen LogP contribution in [-0.2, 0) is 9.59 Å². The molecule has 0 fully saturated rings. The van der Waals surface area contributed by atoms with Gasteiger partial charge in [0.1, 0.15) is 6.04 Å². The average Bonchev–Trinajstić information content (AvgIpc) is 2.24. The van der Waals surface area contributed by atoms with E-state index in [2.05, 4.69) is 25.6 Å². The minimum Gasteiger partial charge on any atom is -0.333 e. The monoisotopic (exact) mass is 240 g/mol. The smallest absolute Gasteiger partial charge is 0.268 e. The highest BCUT2D eigenvalue weighted by atomic mass is 16.2. The van der Waals surface area contributed by atoms with Gasteiger partial charge < -0.3 is 4.90 Å². The van der Waals surface area contributed by atoms with Crippen molar-refractivity contribution in [3.8, 4) is 0 Å². The Hall–Kier alpha value is -1.19. The third-order valence-corrected chi connectivity index (χ3v) is 2.79. The summed E-state index contributed by atoms with van der Waals surface area (Å²) < 4.78 is 0. The summed E-state index contributed by atoms with van der Waals surface area (Å²) in [6.45, 7) is 11.2. The Morgan fingerprint density at radius 2 is 1.76 bits per heavy atom. The molecule has 1 atom stereocenters. The van der Waals surface area contributed by atoms with E-state index in [4.69, 9.17) is 0 Å². The Labute approximate surface area is 104 Å². The summed E-state index contributed by atoms with van der Waals surface area (Å²) in [5.74, 6) is 0.189. The predicted molar refractivity (Wildman–Crippen MR) is 70.0 cm³/mol. The van der Waals surface area contributed by atoms with Crippen LogP contribution in [0, 0.1) is 11.8 Å². The van der Waals surface area contributed by atoms with Crippen LogP contribution in [0.3, 0.4) is 0 Å². The van der Waals surface area contributed by atoms with Crippen LogP contribution in [0.1, 0.15) is 40.5 Å². The Morgan fingerprint density at radius 3 is 2.12 bits per heavy atom. The molecule has 0 aromatic rings. The zero-order valence-corrected chi connectivity index (χ0v) is 11.6. The normalized spacial score (nSPS) is 12.6. The predicted octanol–water partition coefficient (Wildman–Crippen LogP) is 2.13. The van der Waals surface area contributed by atoms with E-state index in [1.54, 1.807) is 7.05 Å². The minimum absolute atomic E-state index is 0.00519. The fraction of sp³-hybridized carbons (Fsp3) is 0.769. The maximum atomic E-state index is 11.9. The molecule has 0 saturated heterocycles. The summed E-state index contributed by atoms with van der Waals surface area (Å²) in [5.41, 5.74) is 0. The Morgan fingerprint density at radius 1 is 1.24 bits per heavy atom. The first-order valence-electron chi connectivity index (χ1n) is 6.07. The number of aliphatic imine (C=N–C) groups is 1. The van der Waals surface area contributed by atoms with Gasteiger partial charge in [0, 0.05) is 13.5 Å². The second-order valence-electron chi connectivity index (χ2n) is 5.12. The van der Waals surface area contributed by atoms with E-state index >= 15 is 0 Å². The van der Waals surface area contributed by atoms with Gasteiger partial charge in [-0.3, -0.25) is 9.59 Å². The van der Waals surface area contributed by atoms with E-state index in [1.165, 1.54) is 4.90 Å². The molecule has 0 bridgehead atoms. The van der Waals surface area contributed by atoms with E-state index in [1.807, 2.05) is 13.8 Å². The molecule has 0 unspecified atom stereocenters. The largest absolute Gasteiger partial charge is 0.333 e. The Bertz CT molecular complexity index is 285. The molecule has 0 heterocycles. The molecule has 0 aliphatic rings. The first-order valence-corrected chi connectivity index (χ1v) is 6.07. The molecular weight excluding hydrogens is 216 g/mol. The van der Waals surface area contributed by atoms with E-state index in [9.17, 15) is 9.59 Å². The van der Waals surface area contributed by atoms with Crippen molar-refractivity contribution in [3.05, 3.63) is 0 Å². The van der Waals surface area contributed by atoms with Gasteiger partial charge in [0.05, 0.1) is 0 Å². The van der Waals surface area contributed by atoms with Crippen LogP contribution in [-0.4, -0.2) is 36.5 Å². The fourth-order valence-corrected chi connectivity index (χ4v) is 1.74. The van der Waals surface area contributed by atoms with Gasteiger partial charge >= 0.3 is 0 Å². The Kier molecular flexibility index (Phi) is 6.69. The quantitative estimate of drug-likeness (QED) is 0.668. The van der Waals surface area contributed by atoms with E-state index < -0.39 is 6.04 Å². The molecule has 17 heavy (non-hydrogen) atoms. The molecule has 98 valence electrons. The summed E-state index contributed by atoms with van der Waals surface area (Å²) in [7, 11) is 1.66. The lowest BCUT2D eigenvalue weighted by Gasteiger charge is -2.28. The highest BCUT2D eigenvalue weighted by molar-refractivity contribution is 5.90. The lowest BCUT2D eigenvalue weighted by atomic mass is 10.0. The van der Waals surface area contributed by atoms with Crippen LogP contribution < -0.4 is 0 Å². The van der Waals surface area contributed by atoms with Gasteiger partial charge in [-0.25, -0.2) is 4.99 Å². The molecule has 0 N–H and O–H groups in total. The van der Waals surface area contributed by atoms with Crippen LogP contribution in [0.15, 0.2) is 4.99 Å². The zero-order valence-electron chi connectivity index (χ0n) is 11.6. The molecule has 4 heteroatoms. The van der Waals surface area contributed by atoms with Crippen LogP contribution >= 0.6 is 0 Å². The summed E-state index contributed by atoms with van der Waals surface area (Å²) in [6.07, 6.45) is 1.31. The number of nitrogens with zero attached hydrogens (tertiary/aromatic N) is 2. The van der Waals surface area contributed by atoms with Gasteiger partial charge in [0.25, 0.3) is 5.91 Å². The molecule has 0 aliphatic heterocycles. The minimum atomic E-state index is -0.493. The number of carbonyl (C=O) groups is 2. The van der Waals surface area contributed by atoms with Gasteiger partial charge in [-0.15, -0.1) is 0 Å². The van der Waals surface area contributed by atoms with Crippen LogP contribution in [0.5, 0.6) is 0 Å². The third-order valence-electron chi connectivity index (χ3n) is 2.79. The van der Waals surface area contributed by atoms with Gasteiger partial charge in [-0.05, 0) is 25.0 Å². The molecule has 0 aromatic carbocycles. The number of rotatable bonds is 6. The number of likely N-dealkylation sites (N-methyl/N-ethyl adjacent to an activating group) is 1. The van der Waals surface area contributed by atoms with Crippen LogP contribution in [0.25, 0.3) is 0 Å². The number of hydrogen-bond acceptors (Lipinski definition) is 2. The summed E-state index contributed by atoms with van der Waals surface area (Å²) >= 11 is 0. The highest BCUT2D eigenvalue weighted by Gasteiger charge is 2.28. The molecule has 0 radical (unpaired) electrons. The second-order valence-corrected chi connectivity index (χ2v) is 5.12. The molecule has 0 spiro atoms. The van der Waals surface area contributed by atoms with Crippen molar-refractivity contribution in [3.63, 3.8) is 0 Å². The first-order chi connectivity index (χ1) is 7.81. The SMILES string of the molecule is C=NC(=O)[C@H](C(C)C)N(C)C(=O)CCC(C)C. The fourth-order valence-electron chi connectivity index (χ4n) is 1.74. The number of carbonyl (C=O) groups excluding carboxylic acids is 2. The van der Waals surface area contributed by atoms with E-state index in [0.29, 0.717) is 12.3 Å². The molecule has 0 aliphatic carbocycles. The van der Waals surface area contributed by atoms with E-state index in [-0.39, 0.29) is 17.7 Å². The number of hydrogen-bond donors (Lipinski definition) is 0. The number of amides is 2. The van der Waals surface area contributed by atoms with Crippen LogP contribution in [0.4, 0.5) is 0 Å². The second kappa shape index (κ2) is 7.20. The van der Waals surface area contributed by atoms with Gasteiger partial charge in [0.2, 0.25) is 5.91 Å². The van der Waals surface area contributed by atoms with Crippen molar-refractivity contribution < 1.29 is 9.59 Å². The molecule has 2 amide bonds. The maximum absolute atomic E-state index is 11.9. The highest BCUT2D eigenvalue weighted by Crippen LogP contribution is 2.14. The van der Waals surface area contributed by atoms with Gasteiger partial charge in [-0.2, -0.15) is 0 Å². The van der Waals surface area contributed by atoms with Gasteiger partial charge in [0.15, 0.2) is 0 Å². The van der Waals surface area contributed by atoms with Crippen molar-refractivity contribution in [1.82, 2.24) is 4.90 Å². The maximum Gasteiger partial charge on any atom is 0.268 e. The zero-order chi connectivity index (χ0) is 13.6. The summed E-state index contributed by atoms with van der Waals surface area (Å²) in [4.78, 5) is 28.5. The molecule has 4 nitrogen and oxygen atoms in total. The lowest BCUT2D eigenvalue weighted by molar-refractivity contribution is -0.139. The van der Waals surface area contributed by atoms with Crippen LogP contribution in [0.2, 0.25) is 0 Å². The Balaban J connectivity index is 4.61. The van der Waals surface area contributed by atoms with Gasteiger partial charge in [-0.1, -0.05) is 27.7 Å². The van der Waals surface area contributed by atoms with Crippen molar-refractivity contribution >= 4 is 18.5 Å². The topological polar surface area (TPSA) is 49.7 Å². The lowest BCUT2D eigenvalue weighted by Crippen LogP contribution is -2.45. The third kappa shape index (κ3) is 5.11. The molecular formula is C13H24N2O2. The standard InChI is InChI=1S/C13H24N2O2/c1-9(2)7-8-11(16)15(6)12(10(3)4)13(17)14-5/h9-10,12H,5,7-8H2,1-4,6H3/t12-/m0/s1. The summed E-state index contributed by atoms with van der Waals surface area (Å²) in [6, 6.07) is -0.493. The molecule has 0 aromatic heterocycles. The first kappa shape index (κ1) is 15.8. The van der Waals surface area contributed by atoms with E-state index in [0.717, 1.165) is 6.42 Å². The van der Waals surface area contributed by atoms with Crippen molar-refractivity contribution in [1.29, 1.82) is 0 Å². The van der Waals surface area contributed by atoms with Crippen molar-refractivity contribution in [2.75, 3.05) is 7.05 Å². The molecule has 0 rings (SSSR count). The molecule has 0 saturated carbocycles.